The minimum atomic E-state index is -0.171. The van der Waals surface area contributed by atoms with Crippen LogP contribution in [0.1, 0.15) is 46.3 Å². The topological polar surface area (TPSA) is 45.1 Å². The van der Waals surface area contributed by atoms with Crippen molar-refractivity contribution < 1.29 is 9.53 Å². The zero-order chi connectivity index (χ0) is 20.3. The maximum absolute atomic E-state index is 11.7. The molecule has 1 fully saturated rings. The fourth-order valence-electron chi connectivity index (χ4n) is 4.86. The molecule has 0 unspecified atom stereocenters. The third kappa shape index (κ3) is 3.99. The molecule has 0 spiro atoms. The molecule has 2 aromatic rings. The Kier molecular flexibility index (Phi) is 5.54. The lowest BCUT2D eigenvalue weighted by Crippen LogP contribution is -2.47. The van der Waals surface area contributed by atoms with E-state index in [-0.39, 0.29) is 5.91 Å². The molecule has 5 heteroatoms. The molecule has 3 aliphatic rings. The Hall–Kier alpha value is -2.66. The third-order valence-electron chi connectivity index (χ3n) is 6.55. The van der Waals surface area contributed by atoms with E-state index in [4.69, 9.17) is 4.74 Å². The summed E-state index contributed by atoms with van der Waals surface area (Å²) in [5.74, 6) is 0.589. The zero-order valence-electron chi connectivity index (χ0n) is 17.5. The normalized spacial score (nSPS) is 18.0. The number of carbonyl (C=O) groups is 1. The molecule has 0 radical (unpaired) electrons. The Bertz CT molecular complexity index is 961. The highest BCUT2D eigenvalue weighted by Crippen LogP contribution is 2.31. The number of carbonyl (C=O) groups excluding carboxylic acids is 1. The third-order valence-corrected chi connectivity index (χ3v) is 6.55. The summed E-state index contributed by atoms with van der Waals surface area (Å²) in [7, 11) is 0. The predicted molar refractivity (Wildman–Crippen MR) is 120 cm³/mol. The van der Waals surface area contributed by atoms with Crippen molar-refractivity contribution >= 4 is 17.8 Å². The van der Waals surface area contributed by atoms with Crippen molar-refractivity contribution in [3.8, 4) is 5.75 Å². The van der Waals surface area contributed by atoms with E-state index in [1.54, 1.807) is 17.3 Å². The van der Waals surface area contributed by atoms with Crippen LogP contribution in [0, 0.1) is 0 Å². The number of ether oxygens (including phenoxy) is 1. The largest absolute Gasteiger partial charge is 0.494 e. The van der Waals surface area contributed by atoms with Crippen LogP contribution in [0.5, 0.6) is 5.75 Å². The number of fused-ring (bicyclic) bond motifs is 2. The fourth-order valence-corrected chi connectivity index (χ4v) is 4.86. The van der Waals surface area contributed by atoms with Gasteiger partial charge in [0.2, 0.25) is 0 Å². The first-order valence-electron chi connectivity index (χ1n) is 11.2. The molecular formula is C25H29N3O2. The monoisotopic (exact) mass is 403 g/mol. The Morgan fingerprint density at radius 2 is 1.90 bits per heavy atom. The summed E-state index contributed by atoms with van der Waals surface area (Å²) in [6.07, 6.45) is 7.58. The lowest BCUT2D eigenvalue weighted by atomic mass is 10.1. The lowest BCUT2D eigenvalue weighted by molar-refractivity contribution is 0.101. The second kappa shape index (κ2) is 8.60. The van der Waals surface area contributed by atoms with Crippen molar-refractivity contribution in [2.75, 3.05) is 44.2 Å². The number of hydrogen-bond acceptors (Lipinski definition) is 4. The first-order valence-corrected chi connectivity index (χ1v) is 11.2. The van der Waals surface area contributed by atoms with Crippen molar-refractivity contribution in [1.82, 2.24) is 4.90 Å². The van der Waals surface area contributed by atoms with Gasteiger partial charge < -0.3 is 9.64 Å². The van der Waals surface area contributed by atoms with Crippen LogP contribution in [0.25, 0.3) is 0 Å². The van der Waals surface area contributed by atoms with E-state index < -0.39 is 0 Å². The van der Waals surface area contributed by atoms with Gasteiger partial charge in [0.25, 0.3) is 5.91 Å². The summed E-state index contributed by atoms with van der Waals surface area (Å²) in [5, 5.41) is 0. The van der Waals surface area contributed by atoms with E-state index in [9.17, 15) is 4.79 Å². The van der Waals surface area contributed by atoms with Gasteiger partial charge in [-0.3, -0.25) is 9.69 Å². The molecule has 1 saturated heterocycles. The maximum Gasteiger partial charge on any atom is 0.277 e. The first kappa shape index (κ1) is 19.3. The number of benzene rings is 2. The van der Waals surface area contributed by atoms with Crippen LogP contribution in [0.2, 0.25) is 0 Å². The minimum absolute atomic E-state index is 0.171. The average Bonchev–Trinajstić information content (AvgIpc) is 3.41. The van der Waals surface area contributed by atoms with Crippen LogP contribution in [-0.2, 0) is 12.8 Å². The summed E-state index contributed by atoms with van der Waals surface area (Å²) >= 11 is 0. The highest BCUT2D eigenvalue weighted by Gasteiger charge is 2.22. The summed E-state index contributed by atoms with van der Waals surface area (Å²) < 4.78 is 5.85. The van der Waals surface area contributed by atoms with Crippen molar-refractivity contribution in [3.05, 3.63) is 58.7 Å². The van der Waals surface area contributed by atoms with Gasteiger partial charge in [0.15, 0.2) is 0 Å². The maximum atomic E-state index is 11.7. The molecule has 5 rings (SSSR count). The number of hydrogen-bond donors (Lipinski definition) is 0. The van der Waals surface area contributed by atoms with Gasteiger partial charge in [-0.05, 0) is 74.0 Å². The summed E-state index contributed by atoms with van der Waals surface area (Å²) in [5.41, 5.74) is 6.18. The fraction of sp³-hybridized carbons (Fsp3) is 0.440. The molecule has 0 N–H and O–H groups in total. The average molecular weight is 404 g/mol. The summed E-state index contributed by atoms with van der Waals surface area (Å²) in [6, 6.07) is 12.5. The van der Waals surface area contributed by atoms with E-state index in [0.29, 0.717) is 12.2 Å². The molecule has 1 aliphatic carbocycles. The number of aryl methyl sites for hydroxylation is 1. The molecule has 156 valence electrons. The Balaban J connectivity index is 1.03. The highest BCUT2D eigenvalue weighted by atomic mass is 16.5. The molecule has 1 amide bonds. The number of aliphatic imine (C=N–C) groups is 1. The second-order valence-electron chi connectivity index (χ2n) is 8.47. The lowest BCUT2D eigenvalue weighted by Gasteiger charge is -2.37. The van der Waals surface area contributed by atoms with E-state index >= 15 is 0 Å². The van der Waals surface area contributed by atoms with Gasteiger partial charge in [-0.2, -0.15) is 0 Å². The number of amides is 1. The number of rotatable bonds is 7. The summed E-state index contributed by atoms with van der Waals surface area (Å²) in [6.45, 7) is 6.33. The molecule has 0 atom stereocenters. The minimum Gasteiger partial charge on any atom is -0.494 e. The van der Waals surface area contributed by atoms with Crippen LogP contribution in [-0.4, -0.2) is 56.4 Å². The summed E-state index contributed by atoms with van der Waals surface area (Å²) in [4.78, 5) is 20.7. The number of piperazine rings is 1. The quantitative estimate of drug-likeness (QED) is 0.661. The molecule has 2 heterocycles. The zero-order valence-corrected chi connectivity index (χ0v) is 17.5. The van der Waals surface area contributed by atoms with Gasteiger partial charge in [-0.25, -0.2) is 4.99 Å². The number of nitrogens with zero attached hydrogens (tertiary/aromatic N) is 3. The van der Waals surface area contributed by atoms with E-state index in [1.807, 2.05) is 18.2 Å². The standard InChI is InChI=1S/C25H29N3O2/c29-25-23-17-21(10-9-20(23)18-26-25)30-16-2-1-11-27-12-14-28(15-13-27)24-8-4-6-19-5-3-7-22(19)24/h4,6,8-10,17-18H,1-3,5,7,11-16H2. The number of unbranched alkanes of at least 4 members (excludes halogenated alkanes) is 1. The van der Waals surface area contributed by atoms with E-state index in [2.05, 4.69) is 33.0 Å². The Labute approximate surface area is 178 Å². The van der Waals surface area contributed by atoms with Crippen molar-refractivity contribution in [1.29, 1.82) is 0 Å². The van der Waals surface area contributed by atoms with Crippen LogP contribution >= 0.6 is 0 Å². The van der Waals surface area contributed by atoms with Gasteiger partial charge in [-0.1, -0.05) is 12.1 Å². The second-order valence-corrected chi connectivity index (χ2v) is 8.47. The van der Waals surface area contributed by atoms with Crippen molar-refractivity contribution in [3.63, 3.8) is 0 Å². The van der Waals surface area contributed by atoms with Crippen molar-refractivity contribution in [2.45, 2.75) is 32.1 Å². The molecule has 5 nitrogen and oxygen atoms in total. The molecular weight excluding hydrogens is 374 g/mol. The van der Waals surface area contributed by atoms with Crippen molar-refractivity contribution in [2.24, 2.45) is 4.99 Å². The highest BCUT2D eigenvalue weighted by molar-refractivity contribution is 6.13. The van der Waals surface area contributed by atoms with Crippen LogP contribution in [0.3, 0.4) is 0 Å². The van der Waals surface area contributed by atoms with Gasteiger partial charge in [0.05, 0.1) is 12.2 Å². The first-order chi connectivity index (χ1) is 14.8. The van der Waals surface area contributed by atoms with Gasteiger partial charge >= 0.3 is 0 Å². The molecule has 0 aromatic heterocycles. The molecule has 0 bridgehead atoms. The number of anilines is 1. The van der Waals surface area contributed by atoms with Crippen LogP contribution < -0.4 is 9.64 Å². The van der Waals surface area contributed by atoms with Crippen LogP contribution in [0.15, 0.2) is 41.4 Å². The van der Waals surface area contributed by atoms with Gasteiger partial charge in [0.1, 0.15) is 5.75 Å². The smallest absolute Gasteiger partial charge is 0.277 e. The molecule has 2 aliphatic heterocycles. The van der Waals surface area contributed by atoms with E-state index in [1.165, 1.54) is 24.9 Å². The Morgan fingerprint density at radius 3 is 2.80 bits per heavy atom. The SMILES string of the molecule is O=C1N=Cc2ccc(OCCCCN3CCN(c4cccc5c4CCC5)CC3)cc21. The molecule has 0 saturated carbocycles. The van der Waals surface area contributed by atoms with E-state index in [0.717, 1.165) is 56.9 Å². The Morgan fingerprint density at radius 1 is 1.00 bits per heavy atom. The molecule has 2 aromatic carbocycles. The van der Waals surface area contributed by atoms with Gasteiger partial charge in [-0.15, -0.1) is 0 Å². The van der Waals surface area contributed by atoms with Crippen LogP contribution in [0.4, 0.5) is 5.69 Å². The van der Waals surface area contributed by atoms with Gasteiger partial charge in [0, 0.05) is 43.6 Å². The molecule has 30 heavy (non-hydrogen) atoms. The predicted octanol–water partition coefficient (Wildman–Crippen LogP) is 3.73.